The number of hydrogen-bond donors (Lipinski definition) is 1. The van der Waals surface area contributed by atoms with Crippen molar-refractivity contribution in [1.82, 2.24) is 10.3 Å². The predicted octanol–water partition coefficient (Wildman–Crippen LogP) is 4.82. The molecule has 2 aromatic rings. The quantitative estimate of drug-likeness (QED) is 0.702. The van der Waals surface area contributed by atoms with Crippen LogP contribution >= 0.6 is 0 Å². The summed E-state index contributed by atoms with van der Waals surface area (Å²) in [5, 5.41) is 2.03. The first-order valence-electron chi connectivity index (χ1n) is 10.3. The second-order valence-electron chi connectivity index (χ2n) is 7.49. The van der Waals surface area contributed by atoms with E-state index in [1.165, 1.54) is 24.9 Å². The molecule has 146 valence electrons. The van der Waals surface area contributed by atoms with Crippen LogP contribution in [0.5, 0.6) is 5.75 Å². The SMILES string of the molecule is C[C@@H]1CCCN1CCCOc1ccc(N2C=CC=C(c3ccccc3)N2)cc1. The van der Waals surface area contributed by atoms with Gasteiger partial charge in [0.25, 0.3) is 0 Å². The van der Waals surface area contributed by atoms with E-state index in [4.69, 9.17) is 4.74 Å². The van der Waals surface area contributed by atoms with Gasteiger partial charge in [-0.15, -0.1) is 0 Å². The van der Waals surface area contributed by atoms with Crippen LogP contribution in [0, 0.1) is 0 Å². The number of benzene rings is 2. The van der Waals surface area contributed by atoms with Crippen molar-refractivity contribution in [2.75, 3.05) is 24.7 Å². The fraction of sp³-hybridized carbons (Fsp3) is 0.333. The molecular formula is C24H29N3O. The van der Waals surface area contributed by atoms with Gasteiger partial charge >= 0.3 is 0 Å². The summed E-state index contributed by atoms with van der Waals surface area (Å²) in [5.41, 5.74) is 6.79. The minimum Gasteiger partial charge on any atom is -0.494 e. The van der Waals surface area contributed by atoms with E-state index < -0.39 is 0 Å². The summed E-state index contributed by atoms with van der Waals surface area (Å²) in [6.07, 6.45) is 9.92. The van der Waals surface area contributed by atoms with Gasteiger partial charge in [0.2, 0.25) is 0 Å². The Labute approximate surface area is 168 Å². The molecule has 28 heavy (non-hydrogen) atoms. The van der Waals surface area contributed by atoms with Crippen molar-refractivity contribution in [2.45, 2.75) is 32.2 Å². The average molecular weight is 376 g/mol. The molecular weight excluding hydrogens is 346 g/mol. The molecule has 0 radical (unpaired) electrons. The van der Waals surface area contributed by atoms with E-state index in [1.807, 2.05) is 29.4 Å². The molecule has 2 aromatic carbocycles. The van der Waals surface area contributed by atoms with Gasteiger partial charge in [-0.05, 0) is 74.7 Å². The lowest BCUT2D eigenvalue weighted by atomic mass is 10.1. The standard InChI is InChI=1S/C24H29N3O/c1-20-8-5-16-26(20)17-7-19-28-23-14-12-22(13-15-23)27-18-6-11-24(25-27)21-9-3-2-4-10-21/h2-4,6,9-15,18,20,25H,5,7-8,16-17,19H2,1H3/t20-/m1/s1. The van der Waals surface area contributed by atoms with E-state index in [2.05, 4.69) is 65.8 Å². The van der Waals surface area contributed by atoms with Crippen LogP contribution in [0.1, 0.15) is 31.7 Å². The van der Waals surface area contributed by atoms with E-state index in [0.717, 1.165) is 42.7 Å². The largest absolute Gasteiger partial charge is 0.494 e. The van der Waals surface area contributed by atoms with Crippen molar-refractivity contribution >= 4 is 11.4 Å². The van der Waals surface area contributed by atoms with E-state index in [1.54, 1.807) is 0 Å². The van der Waals surface area contributed by atoms with Gasteiger partial charge in [-0.1, -0.05) is 30.3 Å². The molecule has 1 saturated heterocycles. The van der Waals surface area contributed by atoms with Gasteiger partial charge < -0.3 is 9.64 Å². The summed E-state index contributed by atoms with van der Waals surface area (Å²) in [6.45, 7) is 5.47. The fourth-order valence-electron chi connectivity index (χ4n) is 3.84. The number of hydrogen-bond acceptors (Lipinski definition) is 4. The van der Waals surface area contributed by atoms with Crippen LogP contribution in [0.15, 0.2) is 72.9 Å². The third-order valence-electron chi connectivity index (χ3n) is 5.49. The van der Waals surface area contributed by atoms with Gasteiger partial charge in [-0.2, -0.15) is 0 Å². The second-order valence-corrected chi connectivity index (χ2v) is 7.49. The molecule has 0 spiro atoms. The number of rotatable bonds is 7. The average Bonchev–Trinajstić information content (AvgIpc) is 3.17. The maximum absolute atomic E-state index is 5.94. The first-order chi connectivity index (χ1) is 13.8. The van der Waals surface area contributed by atoms with E-state index in [0.29, 0.717) is 0 Å². The minimum absolute atomic E-state index is 0.735. The maximum atomic E-state index is 5.94. The van der Waals surface area contributed by atoms with E-state index in [-0.39, 0.29) is 0 Å². The predicted molar refractivity (Wildman–Crippen MR) is 116 cm³/mol. The maximum Gasteiger partial charge on any atom is 0.119 e. The van der Waals surface area contributed by atoms with Crippen molar-refractivity contribution in [3.05, 3.63) is 78.5 Å². The Morgan fingerprint density at radius 1 is 1.07 bits per heavy atom. The van der Waals surface area contributed by atoms with Crippen molar-refractivity contribution in [3.63, 3.8) is 0 Å². The molecule has 1 N–H and O–H groups in total. The summed E-state index contributed by atoms with van der Waals surface area (Å²) in [6, 6.07) is 19.4. The zero-order valence-corrected chi connectivity index (χ0v) is 16.6. The molecule has 0 aromatic heterocycles. The van der Waals surface area contributed by atoms with Crippen LogP contribution in [-0.2, 0) is 0 Å². The van der Waals surface area contributed by atoms with Crippen LogP contribution in [0.2, 0.25) is 0 Å². The molecule has 1 fully saturated rings. The number of anilines is 1. The van der Waals surface area contributed by atoms with Crippen LogP contribution in [0.25, 0.3) is 5.70 Å². The Morgan fingerprint density at radius 3 is 2.64 bits per heavy atom. The summed E-state index contributed by atoms with van der Waals surface area (Å²) < 4.78 is 5.94. The molecule has 4 heteroatoms. The van der Waals surface area contributed by atoms with Gasteiger partial charge in [-0.3, -0.25) is 10.4 Å². The third kappa shape index (κ3) is 4.57. The molecule has 4 nitrogen and oxygen atoms in total. The summed E-state index contributed by atoms with van der Waals surface area (Å²) in [5.74, 6) is 0.929. The Balaban J connectivity index is 1.27. The van der Waals surface area contributed by atoms with Crippen LogP contribution in [-0.4, -0.2) is 30.6 Å². The van der Waals surface area contributed by atoms with Gasteiger partial charge in [0.1, 0.15) is 5.75 Å². The molecule has 0 saturated carbocycles. The van der Waals surface area contributed by atoms with E-state index >= 15 is 0 Å². The number of likely N-dealkylation sites (tertiary alicyclic amines) is 1. The number of ether oxygens (including phenoxy) is 1. The molecule has 4 rings (SSSR count). The van der Waals surface area contributed by atoms with Crippen LogP contribution < -0.4 is 15.2 Å². The molecule has 0 bridgehead atoms. The highest BCUT2D eigenvalue weighted by Crippen LogP contribution is 2.23. The van der Waals surface area contributed by atoms with Crippen LogP contribution in [0.4, 0.5) is 5.69 Å². The number of nitrogens with zero attached hydrogens (tertiary/aromatic N) is 2. The molecule has 2 aliphatic heterocycles. The van der Waals surface area contributed by atoms with Crippen molar-refractivity contribution in [1.29, 1.82) is 0 Å². The van der Waals surface area contributed by atoms with E-state index in [9.17, 15) is 0 Å². The second kappa shape index (κ2) is 8.98. The third-order valence-corrected chi connectivity index (χ3v) is 5.49. The van der Waals surface area contributed by atoms with Crippen molar-refractivity contribution < 1.29 is 4.74 Å². The monoisotopic (exact) mass is 375 g/mol. The zero-order chi connectivity index (χ0) is 19.2. The number of hydrazine groups is 1. The number of nitrogens with one attached hydrogen (secondary N) is 1. The van der Waals surface area contributed by atoms with Gasteiger partial charge in [-0.25, -0.2) is 0 Å². The highest BCUT2D eigenvalue weighted by Gasteiger charge is 2.19. The smallest absolute Gasteiger partial charge is 0.119 e. The lowest BCUT2D eigenvalue weighted by Gasteiger charge is -2.27. The van der Waals surface area contributed by atoms with Crippen molar-refractivity contribution in [2.24, 2.45) is 0 Å². The lowest BCUT2D eigenvalue weighted by Crippen LogP contribution is -2.33. The zero-order valence-electron chi connectivity index (χ0n) is 16.6. The summed E-state index contributed by atoms with van der Waals surface area (Å²) in [7, 11) is 0. The lowest BCUT2D eigenvalue weighted by molar-refractivity contribution is 0.230. The Kier molecular flexibility index (Phi) is 5.98. The summed E-state index contributed by atoms with van der Waals surface area (Å²) in [4.78, 5) is 2.57. The molecule has 0 amide bonds. The molecule has 2 aliphatic rings. The highest BCUT2D eigenvalue weighted by atomic mass is 16.5. The summed E-state index contributed by atoms with van der Waals surface area (Å²) >= 11 is 0. The minimum atomic E-state index is 0.735. The first kappa shape index (κ1) is 18.6. The molecule has 0 unspecified atom stereocenters. The highest BCUT2D eigenvalue weighted by molar-refractivity contribution is 5.70. The molecule has 2 heterocycles. The fourth-order valence-corrected chi connectivity index (χ4v) is 3.84. The van der Waals surface area contributed by atoms with Crippen LogP contribution in [0.3, 0.4) is 0 Å². The Hall–Kier alpha value is -2.72. The van der Waals surface area contributed by atoms with Gasteiger partial charge in [0.05, 0.1) is 18.0 Å². The number of allylic oxidation sites excluding steroid dienone is 2. The van der Waals surface area contributed by atoms with Gasteiger partial charge in [0.15, 0.2) is 0 Å². The Bertz CT molecular complexity index is 814. The van der Waals surface area contributed by atoms with Crippen molar-refractivity contribution in [3.8, 4) is 5.75 Å². The Morgan fingerprint density at radius 2 is 1.89 bits per heavy atom. The normalized spacial score (nSPS) is 19.4. The first-order valence-corrected chi connectivity index (χ1v) is 10.3. The van der Waals surface area contributed by atoms with Gasteiger partial charge in [0, 0.05) is 18.8 Å². The topological polar surface area (TPSA) is 27.7 Å². The molecule has 0 aliphatic carbocycles. The molecule has 1 atom stereocenters.